The second-order valence-corrected chi connectivity index (χ2v) is 6.34. The molecule has 138 valence electrons. The molecule has 0 unspecified atom stereocenters. The van der Waals surface area contributed by atoms with Gasteiger partial charge in [-0.3, -0.25) is 4.79 Å². The zero-order chi connectivity index (χ0) is 18.2. The van der Waals surface area contributed by atoms with Gasteiger partial charge in [-0.2, -0.15) is 0 Å². The Kier molecular flexibility index (Phi) is 6.46. The molecular formula is C20H26N3O3+. The van der Waals surface area contributed by atoms with Crippen LogP contribution >= 0.6 is 0 Å². The van der Waals surface area contributed by atoms with Gasteiger partial charge in [0, 0.05) is 11.3 Å². The van der Waals surface area contributed by atoms with E-state index in [1.165, 1.54) is 10.5 Å². The molecule has 1 fully saturated rings. The third-order valence-electron chi connectivity index (χ3n) is 4.44. The number of ether oxygens (including phenoxy) is 2. The summed E-state index contributed by atoms with van der Waals surface area (Å²) < 4.78 is 10.7. The second-order valence-electron chi connectivity index (χ2n) is 6.34. The number of para-hydroxylation sites is 2. The lowest BCUT2D eigenvalue weighted by atomic mass is 10.2. The number of morpholine rings is 1. The highest BCUT2D eigenvalue weighted by atomic mass is 16.5. The predicted octanol–water partition coefficient (Wildman–Crippen LogP) is 1.16. The van der Waals surface area contributed by atoms with Gasteiger partial charge in [-0.05, 0) is 24.3 Å². The number of carbonyl (C=O) groups is 1. The standard InChI is InChI=1S/C20H25N3O3/c1-25-19-5-3-2-4-18(19)21-14-20(24)22-17-8-6-16(7-9-17)15-23-10-12-26-13-11-23/h2-9,21H,10-15H2,1H3,(H,22,24)/p+1. The van der Waals surface area contributed by atoms with E-state index in [4.69, 9.17) is 9.47 Å². The molecule has 0 spiro atoms. The highest BCUT2D eigenvalue weighted by molar-refractivity contribution is 5.93. The predicted molar refractivity (Wildman–Crippen MR) is 102 cm³/mol. The maximum absolute atomic E-state index is 12.2. The third-order valence-corrected chi connectivity index (χ3v) is 4.44. The van der Waals surface area contributed by atoms with Crippen LogP contribution in [0.1, 0.15) is 5.56 Å². The van der Waals surface area contributed by atoms with E-state index in [-0.39, 0.29) is 12.5 Å². The van der Waals surface area contributed by atoms with Crippen LogP contribution in [0.25, 0.3) is 0 Å². The Morgan fingerprint density at radius 2 is 1.85 bits per heavy atom. The molecule has 0 atom stereocenters. The second kappa shape index (κ2) is 9.22. The van der Waals surface area contributed by atoms with Crippen LogP contribution < -0.4 is 20.3 Å². The average Bonchev–Trinajstić information content (AvgIpc) is 2.69. The zero-order valence-electron chi connectivity index (χ0n) is 15.1. The van der Waals surface area contributed by atoms with Gasteiger partial charge in [0.05, 0.1) is 32.6 Å². The van der Waals surface area contributed by atoms with Gasteiger partial charge in [0.25, 0.3) is 0 Å². The maximum Gasteiger partial charge on any atom is 0.243 e. The van der Waals surface area contributed by atoms with Gasteiger partial charge in [0.15, 0.2) is 0 Å². The highest BCUT2D eigenvalue weighted by Crippen LogP contribution is 2.22. The van der Waals surface area contributed by atoms with Gasteiger partial charge in [-0.1, -0.05) is 24.3 Å². The summed E-state index contributed by atoms with van der Waals surface area (Å²) in [5.41, 5.74) is 2.87. The minimum atomic E-state index is -0.0949. The molecule has 1 aliphatic rings. The van der Waals surface area contributed by atoms with Crippen LogP contribution in [-0.2, 0) is 16.1 Å². The molecule has 0 aromatic heterocycles. The van der Waals surface area contributed by atoms with Crippen LogP contribution in [0.5, 0.6) is 5.75 Å². The highest BCUT2D eigenvalue weighted by Gasteiger charge is 2.14. The van der Waals surface area contributed by atoms with Crippen molar-refractivity contribution in [3.8, 4) is 5.75 Å². The van der Waals surface area contributed by atoms with Crippen molar-refractivity contribution in [3.63, 3.8) is 0 Å². The van der Waals surface area contributed by atoms with E-state index in [9.17, 15) is 4.79 Å². The molecule has 0 bridgehead atoms. The summed E-state index contributed by atoms with van der Waals surface area (Å²) >= 11 is 0. The molecule has 2 aromatic carbocycles. The van der Waals surface area contributed by atoms with Crippen LogP contribution in [0.15, 0.2) is 48.5 Å². The Morgan fingerprint density at radius 3 is 2.58 bits per heavy atom. The molecule has 1 amide bonds. The van der Waals surface area contributed by atoms with Crippen molar-refractivity contribution in [1.29, 1.82) is 0 Å². The van der Waals surface area contributed by atoms with E-state index in [2.05, 4.69) is 22.8 Å². The Balaban J connectivity index is 1.48. The molecule has 0 radical (unpaired) electrons. The molecule has 6 nitrogen and oxygen atoms in total. The third kappa shape index (κ3) is 5.21. The molecule has 3 rings (SSSR count). The fraction of sp³-hybridized carbons (Fsp3) is 0.350. The molecule has 1 aliphatic heterocycles. The number of hydrogen-bond acceptors (Lipinski definition) is 4. The molecule has 0 aliphatic carbocycles. The molecule has 2 aromatic rings. The van der Waals surface area contributed by atoms with Crippen LogP contribution in [0, 0.1) is 0 Å². The first-order chi connectivity index (χ1) is 12.7. The summed E-state index contributed by atoms with van der Waals surface area (Å²) in [5.74, 6) is 0.623. The monoisotopic (exact) mass is 356 g/mol. The Bertz CT molecular complexity index is 712. The Labute approximate surface area is 154 Å². The Morgan fingerprint density at radius 1 is 1.12 bits per heavy atom. The smallest absolute Gasteiger partial charge is 0.243 e. The number of rotatable bonds is 7. The number of hydrogen-bond donors (Lipinski definition) is 3. The first-order valence-electron chi connectivity index (χ1n) is 8.91. The van der Waals surface area contributed by atoms with E-state index in [0.29, 0.717) is 0 Å². The van der Waals surface area contributed by atoms with E-state index in [0.717, 1.165) is 50.0 Å². The molecule has 0 saturated carbocycles. The quantitative estimate of drug-likeness (QED) is 0.697. The lowest BCUT2D eigenvalue weighted by Crippen LogP contribution is -3.12. The lowest BCUT2D eigenvalue weighted by Gasteiger charge is -2.23. The van der Waals surface area contributed by atoms with Crippen molar-refractivity contribution in [2.45, 2.75) is 6.54 Å². The first-order valence-corrected chi connectivity index (χ1v) is 8.91. The van der Waals surface area contributed by atoms with Gasteiger partial charge in [-0.25, -0.2) is 0 Å². The van der Waals surface area contributed by atoms with E-state index in [1.54, 1.807) is 7.11 Å². The normalized spacial score (nSPS) is 14.7. The Hall–Kier alpha value is -2.57. The van der Waals surface area contributed by atoms with Gasteiger partial charge in [-0.15, -0.1) is 0 Å². The number of nitrogens with one attached hydrogen (secondary N) is 3. The topological polar surface area (TPSA) is 64.0 Å². The van der Waals surface area contributed by atoms with Crippen LogP contribution in [0.3, 0.4) is 0 Å². The van der Waals surface area contributed by atoms with Gasteiger partial charge < -0.3 is 25.0 Å². The average molecular weight is 356 g/mol. The van der Waals surface area contributed by atoms with Gasteiger partial charge >= 0.3 is 0 Å². The summed E-state index contributed by atoms with van der Waals surface area (Å²) in [4.78, 5) is 13.7. The number of carbonyl (C=O) groups excluding carboxylic acids is 1. The molecule has 1 heterocycles. The van der Waals surface area contributed by atoms with Gasteiger partial charge in [0.1, 0.15) is 25.4 Å². The fourth-order valence-electron chi connectivity index (χ4n) is 3.00. The van der Waals surface area contributed by atoms with Crippen LogP contribution in [-0.4, -0.2) is 45.9 Å². The molecule has 26 heavy (non-hydrogen) atoms. The van der Waals surface area contributed by atoms with E-state index < -0.39 is 0 Å². The summed E-state index contributed by atoms with van der Waals surface area (Å²) in [6.45, 7) is 4.94. The summed E-state index contributed by atoms with van der Waals surface area (Å²) in [7, 11) is 1.61. The number of anilines is 2. The van der Waals surface area contributed by atoms with E-state index in [1.807, 2.05) is 36.4 Å². The fourth-order valence-corrected chi connectivity index (χ4v) is 3.00. The first kappa shape index (κ1) is 18.2. The summed E-state index contributed by atoms with van der Waals surface area (Å²) in [6.07, 6.45) is 0. The van der Waals surface area contributed by atoms with E-state index >= 15 is 0 Å². The van der Waals surface area contributed by atoms with Crippen molar-refractivity contribution in [3.05, 3.63) is 54.1 Å². The summed E-state index contributed by atoms with van der Waals surface area (Å²) in [6, 6.07) is 15.6. The zero-order valence-corrected chi connectivity index (χ0v) is 15.1. The number of quaternary nitrogens is 1. The van der Waals surface area contributed by atoms with Crippen molar-refractivity contribution >= 4 is 17.3 Å². The largest absolute Gasteiger partial charge is 0.495 e. The number of methoxy groups -OCH3 is 1. The minimum Gasteiger partial charge on any atom is -0.495 e. The molecular weight excluding hydrogens is 330 g/mol. The molecule has 6 heteroatoms. The summed E-state index contributed by atoms with van der Waals surface area (Å²) in [5, 5.41) is 6.01. The lowest BCUT2D eigenvalue weighted by molar-refractivity contribution is -0.921. The van der Waals surface area contributed by atoms with Gasteiger partial charge in [0.2, 0.25) is 5.91 Å². The van der Waals surface area contributed by atoms with Crippen molar-refractivity contribution < 1.29 is 19.2 Å². The molecule has 3 N–H and O–H groups in total. The number of amides is 1. The van der Waals surface area contributed by atoms with Crippen LogP contribution in [0.4, 0.5) is 11.4 Å². The van der Waals surface area contributed by atoms with Crippen molar-refractivity contribution in [2.75, 3.05) is 50.6 Å². The molecule has 1 saturated heterocycles. The SMILES string of the molecule is COc1ccccc1NCC(=O)Nc1ccc(C[NH+]2CCOCC2)cc1. The van der Waals surface area contributed by atoms with Crippen molar-refractivity contribution in [2.24, 2.45) is 0 Å². The van der Waals surface area contributed by atoms with Crippen LogP contribution in [0.2, 0.25) is 0 Å². The number of benzene rings is 2. The van der Waals surface area contributed by atoms with Crippen molar-refractivity contribution in [1.82, 2.24) is 0 Å². The minimum absolute atomic E-state index is 0.0949. The maximum atomic E-state index is 12.2.